The van der Waals surface area contributed by atoms with Gasteiger partial charge in [0.15, 0.2) is 0 Å². The molecule has 0 aromatic carbocycles. The van der Waals surface area contributed by atoms with Gasteiger partial charge in [-0.2, -0.15) is 0 Å². The molecule has 0 spiro atoms. The molecule has 2 atom stereocenters. The number of rotatable bonds is 7. The number of likely N-dealkylation sites (tertiary alicyclic amines) is 1. The summed E-state index contributed by atoms with van der Waals surface area (Å²) >= 11 is 0. The summed E-state index contributed by atoms with van der Waals surface area (Å²) in [5.74, 6) is 1.17. The van der Waals surface area contributed by atoms with Crippen molar-refractivity contribution in [2.45, 2.75) is 52.6 Å². The molecule has 2 unspecified atom stereocenters. The first kappa shape index (κ1) is 16.4. The Balaban J connectivity index is 2.42. The van der Waals surface area contributed by atoms with Crippen molar-refractivity contribution < 1.29 is 9.53 Å². The van der Waals surface area contributed by atoms with Crippen molar-refractivity contribution in [3.8, 4) is 0 Å². The van der Waals surface area contributed by atoms with Gasteiger partial charge in [0, 0.05) is 26.1 Å². The van der Waals surface area contributed by atoms with Crippen LogP contribution in [0.3, 0.4) is 0 Å². The first-order valence-corrected chi connectivity index (χ1v) is 7.66. The van der Waals surface area contributed by atoms with E-state index in [-0.39, 0.29) is 12.0 Å². The molecule has 1 rings (SSSR count). The fraction of sp³-hybridized carbons (Fsp3) is 0.933. The fourth-order valence-electron chi connectivity index (χ4n) is 2.84. The molecule has 1 heterocycles. The Morgan fingerprint density at radius 3 is 2.79 bits per heavy atom. The molecular weight excluding hydrogens is 240 g/mol. The Morgan fingerprint density at radius 1 is 1.47 bits per heavy atom. The van der Waals surface area contributed by atoms with Crippen LogP contribution in [0.4, 0.5) is 0 Å². The Morgan fingerprint density at radius 2 is 2.21 bits per heavy atom. The molecule has 0 aromatic rings. The summed E-state index contributed by atoms with van der Waals surface area (Å²) in [5.41, 5.74) is 5.78. The average Bonchev–Trinajstić information content (AvgIpc) is 2.38. The van der Waals surface area contributed by atoms with Crippen molar-refractivity contribution in [2.75, 3.05) is 26.2 Å². The van der Waals surface area contributed by atoms with Crippen molar-refractivity contribution in [1.29, 1.82) is 0 Å². The lowest BCUT2D eigenvalue weighted by Crippen LogP contribution is -2.44. The first-order valence-electron chi connectivity index (χ1n) is 7.66. The number of amides is 1. The molecule has 0 bridgehead atoms. The van der Waals surface area contributed by atoms with E-state index in [0.29, 0.717) is 24.8 Å². The number of ether oxygens (including phenoxy) is 1. The zero-order chi connectivity index (χ0) is 14.3. The van der Waals surface area contributed by atoms with Crippen molar-refractivity contribution in [2.24, 2.45) is 17.6 Å². The predicted octanol–water partition coefficient (Wildman–Crippen LogP) is 2.02. The zero-order valence-electron chi connectivity index (χ0n) is 12.7. The molecule has 0 saturated carbocycles. The van der Waals surface area contributed by atoms with E-state index >= 15 is 0 Å². The van der Waals surface area contributed by atoms with Crippen molar-refractivity contribution >= 4 is 5.91 Å². The molecule has 1 amide bonds. The highest BCUT2D eigenvalue weighted by atomic mass is 16.5. The Bertz CT molecular complexity index is 267. The molecule has 4 heteroatoms. The highest BCUT2D eigenvalue weighted by Gasteiger charge is 2.25. The van der Waals surface area contributed by atoms with Crippen LogP contribution in [0.15, 0.2) is 0 Å². The average molecular weight is 270 g/mol. The number of nitrogens with two attached hydrogens (primary N) is 1. The van der Waals surface area contributed by atoms with Gasteiger partial charge in [0.25, 0.3) is 0 Å². The quantitative estimate of drug-likeness (QED) is 0.770. The van der Waals surface area contributed by atoms with Crippen LogP contribution in [0.1, 0.15) is 46.5 Å². The molecule has 2 N–H and O–H groups in total. The highest BCUT2D eigenvalue weighted by Crippen LogP contribution is 2.19. The molecule has 1 fully saturated rings. The number of hydrogen-bond acceptors (Lipinski definition) is 3. The second-order valence-corrected chi connectivity index (χ2v) is 5.99. The molecule has 1 aliphatic heterocycles. The molecule has 0 radical (unpaired) electrons. The topological polar surface area (TPSA) is 55.6 Å². The number of hydrogen-bond donors (Lipinski definition) is 1. The van der Waals surface area contributed by atoms with Gasteiger partial charge >= 0.3 is 0 Å². The molecule has 0 aromatic heterocycles. The lowest BCUT2D eigenvalue weighted by Gasteiger charge is -2.33. The van der Waals surface area contributed by atoms with E-state index in [1.54, 1.807) is 0 Å². The first-order chi connectivity index (χ1) is 9.06. The Hall–Kier alpha value is -0.610. The summed E-state index contributed by atoms with van der Waals surface area (Å²) < 4.78 is 5.64. The number of carbonyl (C=O) groups is 1. The van der Waals surface area contributed by atoms with Gasteiger partial charge in [-0.25, -0.2) is 0 Å². The van der Waals surface area contributed by atoms with Gasteiger partial charge in [0.05, 0.1) is 6.10 Å². The lowest BCUT2D eigenvalue weighted by molar-refractivity contribution is -0.136. The third kappa shape index (κ3) is 5.91. The maximum Gasteiger partial charge on any atom is 0.222 e. The summed E-state index contributed by atoms with van der Waals surface area (Å²) in [5, 5.41) is 0. The van der Waals surface area contributed by atoms with E-state index in [2.05, 4.69) is 13.8 Å². The Kier molecular flexibility index (Phi) is 7.39. The third-order valence-corrected chi connectivity index (χ3v) is 3.73. The molecule has 112 valence electrons. The monoisotopic (exact) mass is 270 g/mol. The number of piperidine rings is 1. The fourth-order valence-corrected chi connectivity index (χ4v) is 2.84. The standard InChI is InChI=1S/C15H30N2O2/c1-4-19-14-6-5-7-17(11-14)15(18)9-13(10-16)8-12(2)3/h12-14H,4-11,16H2,1-3H3. The summed E-state index contributed by atoms with van der Waals surface area (Å²) in [7, 11) is 0. The van der Waals surface area contributed by atoms with Gasteiger partial charge < -0.3 is 15.4 Å². The van der Waals surface area contributed by atoms with E-state index in [1.165, 1.54) is 0 Å². The van der Waals surface area contributed by atoms with E-state index in [9.17, 15) is 4.79 Å². The van der Waals surface area contributed by atoms with E-state index in [1.807, 2.05) is 11.8 Å². The maximum absolute atomic E-state index is 12.3. The van der Waals surface area contributed by atoms with Crippen LogP contribution in [0.5, 0.6) is 0 Å². The molecular formula is C15H30N2O2. The molecule has 1 aliphatic rings. The van der Waals surface area contributed by atoms with Gasteiger partial charge in [-0.15, -0.1) is 0 Å². The number of nitrogens with zero attached hydrogens (tertiary/aromatic N) is 1. The smallest absolute Gasteiger partial charge is 0.222 e. The largest absolute Gasteiger partial charge is 0.377 e. The zero-order valence-corrected chi connectivity index (χ0v) is 12.7. The van der Waals surface area contributed by atoms with Crippen LogP contribution >= 0.6 is 0 Å². The van der Waals surface area contributed by atoms with E-state index < -0.39 is 0 Å². The summed E-state index contributed by atoms with van der Waals surface area (Å²) in [6.07, 6.45) is 3.97. The minimum atomic E-state index is 0.226. The number of carbonyl (C=O) groups excluding carboxylic acids is 1. The van der Waals surface area contributed by atoms with Gasteiger partial charge in [0.1, 0.15) is 0 Å². The van der Waals surface area contributed by atoms with Crippen LogP contribution in [0.2, 0.25) is 0 Å². The minimum absolute atomic E-state index is 0.226. The third-order valence-electron chi connectivity index (χ3n) is 3.73. The van der Waals surface area contributed by atoms with Crippen LogP contribution in [-0.2, 0) is 9.53 Å². The second kappa shape index (κ2) is 8.54. The summed E-state index contributed by atoms with van der Waals surface area (Å²) in [6.45, 7) is 9.33. The van der Waals surface area contributed by atoms with Crippen molar-refractivity contribution in [1.82, 2.24) is 4.90 Å². The molecule has 0 aliphatic carbocycles. The minimum Gasteiger partial charge on any atom is -0.377 e. The van der Waals surface area contributed by atoms with Crippen LogP contribution in [0, 0.1) is 11.8 Å². The van der Waals surface area contributed by atoms with E-state index in [0.717, 1.165) is 39.0 Å². The predicted molar refractivity (Wildman–Crippen MR) is 77.8 cm³/mol. The van der Waals surface area contributed by atoms with E-state index in [4.69, 9.17) is 10.5 Å². The van der Waals surface area contributed by atoms with Crippen molar-refractivity contribution in [3.05, 3.63) is 0 Å². The van der Waals surface area contributed by atoms with Gasteiger partial charge in [-0.3, -0.25) is 4.79 Å². The molecule has 1 saturated heterocycles. The summed E-state index contributed by atoms with van der Waals surface area (Å²) in [6, 6.07) is 0. The highest BCUT2D eigenvalue weighted by molar-refractivity contribution is 5.76. The van der Waals surface area contributed by atoms with Gasteiger partial charge in [-0.05, 0) is 44.6 Å². The maximum atomic E-state index is 12.3. The summed E-state index contributed by atoms with van der Waals surface area (Å²) in [4.78, 5) is 14.3. The second-order valence-electron chi connectivity index (χ2n) is 5.99. The SMILES string of the molecule is CCOC1CCCN(C(=O)CC(CN)CC(C)C)C1. The van der Waals surface area contributed by atoms with Gasteiger partial charge in [-0.1, -0.05) is 13.8 Å². The van der Waals surface area contributed by atoms with Crippen molar-refractivity contribution in [3.63, 3.8) is 0 Å². The van der Waals surface area contributed by atoms with Crippen LogP contribution < -0.4 is 5.73 Å². The molecule has 19 heavy (non-hydrogen) atoms. The normalized spacial score (nSPS) is 21.7. The van der Waals surface area contributed by atoms with Crippen LogP contribution in [0.25, 0.3) is 0 Å². The lowest BCUT2D eigenvalue weighted by atomic mass is 9.93. The molecule has 4 nitrogen and oxygen atoms in total. The van der Waals surface area contributed by atoms with Crippen LogP contribution in [-0.4, -0.2) is 43.2 Å². The Labute approximate surface area is 117 Å². The van der Waals surface area contributed by atoms with Gasteiger partial charge in [0.2, 0.25) is 5.91 Å².